The summed E-state index contributed by atoms with van der Waals surface area (Å²) in [5.74, 6) is 1.11. The first-order valence-electron chi connectivity index (χ1n) is 11.5. The number of rotatable bonds is 5. The smallest absolute Gasteiger partial charge is 0.323 e. The van der Waals surface area contributed by atoms with Crippen molar-refractivity contribution in [2.24, 2.45) is 11.8 Å². The number of pyridine rings is 1. The quantitative estimate of drug-likeness (QED) is 0.556. The molecule has 4 rings (SSSR count). The lowest BCUT2D eigenvalue weighted by Gasteiger charge is -2.32. The lowest BCUT2D eigenvalue weighted by molar-refractivity contribution is 0.262. The fourth-order valence-electron chi connectivity index (χ4n) is 4.28. The Labute approximate surface area is 189 Å². The summed E-state index contributed by atoms with van der Waals surface area (Å²) in [6.07, 6.45) is 4.18. The fraction of sp³-hybridized carbons (Fsp3) is 0.385. The molecule has 0 spiro atoms. The van der Waals surface area contributed by atoms with Crippen molar-refractivity contribution >= 4 is 33.9 Å². The summed E-state index contributed by atoms with van der Waals surface area (Å²) in [6.45, 7) is 9.18. The number of amides is 2. The van der Waals surface area contributed by atoms with Crippen LogP contribution in [-0.4, -0.2) is 23.7 Å². The summed E-state index contributed by atoms with van der Waals surface area (Å²) in [5.41, 5.74) is 2.51. The summed E-state index contributed by atoms with van der Waals surface area (Å²) >= 11 is 0. The van der Waals surface area contributed by atoms with Gasteiger partial charge in [0, 0.05) is 48.0 Å². The van der Waals surface area contributed by atoms with Crippen LogP contribution in [0, 0.1) is 11.8 Å². The number of urea groups is 1. The van der Waals surface area contributed by atoms with Gasteiger partial charge in [0.25, 0.3) is 5.56 Å². The van der Waals surface area contributed by atoms with E-state index in [0.717, 1.165) is 30.1 Å². The minimum atomic E-state index is -0.329. The largest absolute Gasteiger partial charge is 0.372 e. The molecule has 1 aliphatic rings. The van der Waals surface area contributed by atoms with E-state index in [1.807, 2.05) is 30.3 Å². The molecule has 0 unspecified atom stereocenters. The van der Waals surface area contributed by atoms with Crippen molar-refractivity contribution in [1.82, 2.24) is 4.57 Å². The molecule has 0 radical (unpaired) electrons. The van der Waals surface area contributed by atoms with Crippen molar-refractivity contribution in [2.75, 3.05) is 28.6 Å². The number of hydrogen-bond donors (Lipinski definition) is 2. The normalized spacial score (nSPS) is 14.7. The van der Waals surface area contributed by atoms with Gasteiger partial charge in [-0.25, -0.2) is 4.79 Å². The summed E-state index contributed by atoms with van der Waals surface area (Å²) in [7, 11) is 0. The number of hydrogen-bond acceptors (Lipinski definition) is 3. The highest BCUT2D eigenvalue weighted by Gasteiger charge is 2.16. The van der Waals surface area contributed by atoms with Crippen LogP contribution in [0.25, 0.3) is 10.8 Å². The molecule has 1 aromatic heterocycles. The number of aromatic nitrogens is 1. The SMILES string of the molecule is CC(C)Cn1cc(NC(=O)Nc2ccc(N3CCC(C)CC3)cc2)c2ccccc2c1=O. The van der Waals surface area contributed by atoms with Crippen LogP contribution in [0.15, 0.2) is 59.5 Å². The second kappa shape index (κ2) is 9.47. The van der Waals surface area contributed by atoms with Gasteiger partial charge in [-0.15, -0.1) is 0 Å². The minimum absolute atomic E-state index is 0.0389. The predicted octanol–water partition coefficient (Wildman–Crippen LogP) is 5.54. The molecular weight excluding hydrogens is 400 g/mol. The van der Waals surface area contributed by atoms with Crippen molar-refractivity contribution < 1.29 is 4.79 Å². The molecule has 6 heteroatoms. The van der Waals surface area contributed by atoms with E-state index in [9.17, 15) is 9.59 Å². The summed E-state index contributed by atoms with van der Waals surface area (Å²) in [6, 6.07) is 15.0. The Morgan fingerprint density at radius 2 is 1.66 bits per heavy atom. The van der Waals surface area contributed by atoms with Crippen molar-refractivity contribution in [3.8, 4) is 0 Å². The number of nitrogens with zero attached hydrogens (tertiary/aromatic N) is 2. The van der Waals surface area contributed by atoms with Crippen molar-refractivity contribution in [3.05, 3.63) is 65.1 Å². The van der Waals surface area contributed by atoms with Gasteiger partial charge >= 0.3 is 6.03 Å². The van der Waals surface area contributed by atoms with Gasteiger partial charge in [-0.05, 0) is 55.0 Å². The molecule has 1 aliphatic heterocycles. The summed E-state index contributed by atoms with van der Waals surface area (Å²) in [5, 5.41) is 7.19. The van der Waals surface area contributed by atoms with Gasteiger partial charge < -0.3 is 20.1 Å². The van der Waals surface area contributed by atoms with Crippen LogP contribution in [0.4, 0.5) is 21.9 Å². The highest BCUT2D eigenvalue weighted by molar-refractivity contribution is 6.05. The van der Waals surface area contributed by atoms with Crippen LogP contribution >= 0.6 is 0 Å². The predicted molar refractivity (Wildman–Crippen MR) is 133 cm³/mol. The molecule has 6 nitrogen and oxygen atoms in total. The average molecular weight is 433 g/mol. The molecule has 168 valence electrons. The molecule has 2 amide bonds. The molecule has 2 aromatic carbocycles. The second-order valence-corrected chi connectivity index (χ2v) is 9.24. The molecule has 1 fully saturated rings. The van der Waals surface area contributed by atoms with Gasteiger partial charge in [0.2, 0.25) is 0 Å². The highest BCUT2D eigenvalue weighted by atomic mass is 16.2. The van der Waals surface area contributed by atoms with Gasteiger partial charge in [-0.1, -0.05) is 39.0 Å². The van der Waals surface area contributed by atoms with E-state index in [1.165, 1.54) is 18.5 Å². The van der Waals surface area contributed by atoms with Crippen LogP contribution in [0.2, 0.25) is 0 Å². The Balaban J connectivity index is 1.49. The third-order valence-electron chi connectivity index (χ3n) is 6.08. The third-order valence-corrected chi connectivity index (χ3v) is 6.08. The molecule has 0 bridgehead atoms. The Hall–Kier alpha value is -3.28. The van der Waals surface area contributed by atoms with Gasteiger partial charge in [0.05, 0.1) is 5.69 Å². The van der Waals surface area contributed by atoms with Gasteiger partial charge in [-0.2, -0.15) is 0 Å². The maximum absolute atomic E-state index is 12.8. The topological polar surface area (TPSA) is 66.4 Å². The van der Waals surface area contributed by atoms with E-state index in [4.69, 9.17) is 0 Å². The first-order valence-corrected chi connectivity index (χ1v) is 11.5. The number of piperidine rings is 1. The first-order chi connectivity index (χ1) is 15.4. The van der Waals surface area contributed by atoms with E-state index in [1.54, 1.807) is 16.8 Å². The average Bonchev–Trinajstić information content (AvgIpc) is 2.78. The summed E-state index contributed by atoms with van der Waals surface area (Å²) in [4.78, 5) is 27.9. The highest BCUT2D eigenvalue weighted by Crippen LogP contribution is 2.25. The van der Waals surface area contributed by atoms with Crippen LogP contribution in [0.3, 0.4) is 0 Å². The van der Waals surface area contributed by atoms with Crippen LogP contribution < -0.4 is 21.1 Å². The van der Waals surface area contributed by atoms with E-state index in [0.29, 0.717) is 23.5 Å². The van der Waals surface area contributed by atoms with Crippen molar-refractivity contribution in [3.63, 3.8) is 0 Å². The van der Waals surface area contributed by atoms with E-state index >= 15 is 0 Å². The second-order valence-electron chi connectivity index (χ2n) is 9.24. The fourth-order valence-corrected chi connectivity index (χ4v) is 4.28. The Morgan fingerprint density at radius 3 is 2.31 bits per heavy atom. The van der Waals surface area contributed by atoms with Crippen LogP contribution in [0.1, 0.15) is 33.6 Å². The van der Waals surface area contributed by atoms with Gasteiger partial charge in [0.1, 0.15) is 0 Å². The Morgan fingerprint density at radius 1 is 1.00 bits per heavy atom. The van der Waals surface area contributed by atoms with Crippen molar-refractivity contribution in [1.29, 1.82) is 0 Å². The number of benzene rings is 2. The first kappa shape index (κ1) is 21.9. The molecule has 32 heavy (non-hydrogen) atoms. The lowest BCUT2D eigenvalue weighted by Crippen LogP contribution is -2.32. The van der Waals surface area contributed by atoms with E-state index in [2.05, 4.69) is 48.4 Å². The molecule has 0 aliphatic carbocycles. The molecule has 0 atom stereocenters. The molecule has 2 heterocycles. The molecule has 3 aromatic rings. The number of fused-ring (bicyclic) bond motifs is 1. The number of anilines is 3. The third kappa shape index (κ3) is 4.96. The summed E-state index contributed by atoms with van der Waals surface area (Å²) < 4.78 is 1.68. The maximum atomic E-state index is 12.8. The maximum Gasteiger partial charge on any atom is 0.323 e. The van der Waals surface area contributed by atoms with Crippen molar-refractivity contribution in [2.45, 2.75) is 40.2 Å². The van der Waals surface area contributed by atoms with Crippen LogP contribution in [-0.2, 0) is 6.54 Å². The Bertz CT molecular complexity index is 1140. The Kier molecular flexibility index (Phi) is 6.49. The molecular formula is C26H32N4O2. The number of carbonyl (C=O) groups excluding carboxylic acids is 1. The lowest BCUT2D eigenvalue weighted by atomic mass is 9.99. The number of carbonyl (C=O) groups is 1. The zero-order valence-electron chi connectivity index (χ0n) is 19.1. The zero-order chi connectivity index (χ0) is 22.7. The van der Waals surface area contributed by atoms with Gasteiger partial charge in [-0.3, -0.25) is 4.79 Å². The standard InChI is InChI=1S/C26H32N4O2/c1-18(2)16-30-17-24(22-6-4-5-7-23(22)25(30)31)28-26(32)27-20-8-10-21(11-9-20)29-14-12-19(3)13-15-29/h4-11,17-19H,12-16H2,1-3H3,(H2,27,28,32). The molecule has 1 saturated heterocycles. The zero-order valence-corrected chi connectivity index (χ0v) is 19.1. The van der Waals surface area contributed by atoms with Crippen LogP contribution in [0.5, 0.6) is 0 Å². The van der Waals surface area contributed by atoms with Gasteiger partial charge in [0.15, 0.2) is 0 Å². The van der Waals surface area contributed by atoms with E-state index < -0.39 is 0 Å². The monoisotopic (exact) mass is 432 g/mol. The van der Waals surface area contributed by atoms with E-state index in [-0.39, 0.29) is 11.6 Å². The molecule has 0 saturated carbocycles. The minimum Gasteiger partial charge on any atom is -0.372 e. The number of nitrogens with one attached hydrogen (secondary N) is 2. The molecule has 2 N–H and O–H groups in total.